The summed E-state index contributed by atoms with van der Waals surface area (Å²) < 4.78 is 13.5. The Morgan fingerprint density at radius 2 is 1.93 bits per heavy atom. The van der Waals surface area contributed by atoms with E-state index in [9.17, 15) is 19.2 Å². The van der Waals surface area contributed by atoms with E-state index in [2.05, 4.69) is 6.07 Å². The van der Waals surface area contributed by atoms with E-state index in [-0.39, 0.29) is 23.9 Å². The Bertz CT molecular complexity index is 827. The number of piperidine rings is 1. The first kappa shape index (κ1) is 18.9. The summed E-state index contributed by atoms with van der Waals surface area (Å²) in [5, 5.41) is 9.37. The van der Waals surface area contributed by atoms with Gasteiger partial charge >= 0.3 is 0 Å². The summed E-state index contributed by atoms with van der Waals surface area (Å²) in [5.41, 5.74) is 0.209. The molecule has 148 valence electrons. The van der Waals surface area contributed by atoms with Gasteiger partial charge in [-0.3, -0.25) is 9.59 Å². The Morgan fingerprint density at radius 1 is 1.21 bits per heavy atom. The number of alkyl halides is 1. The lowest BCUT2D eigenvalue weighted by Gasteiger charge is -2.41. The third-order valence-corrected chi connectivity index (χ3v) is 7.02. The molecular weight excluding hydrogens is 357 g/mol. The summed E-state index contributed by atoms with van der Waals surface area (Å²) in [6.07, 6.45) is 3.03. The van der Waals surface area contributed by atoms with E-state index >= 15 is 0 Å². The van der Waals surface area contributed by atoms with E-state index in [1.54, 1.807) is 24.3 Å². The molecule has 1 aromatic rings. The molecule has 28 heavy (non-hydrogen) atoms. The van der Waals surface area contributed by atoms with Gasteiger partial charge in [-0.15, -0.1) is 0 Å². The summed E-state index contributed by atoms with van der Waals surface area (Å²) in [4.78, 5) is 30.5. The van der Waals surface area contributed by atoms with Crippen LogP contribution in [0.5, 0.6) is 0 Å². The molecule has 0 saturated carbocycles. The second-order valence-electron chi connectivity index (χ2n) is 8.30. The second-order valence-corrected chi connectivity index (χ2v) is 8.30. The molecule has 6 heteroatoms. The zero-order chi connectivity index (χ0) is 19.9. The third-order valence-electron chi connectivity index (χ3n) is 7.02. The molecule has 0 aromatic heterocycles. The fourth-order valence-electron chi connectivity index (χ4n) is 5.52. The van der Waals surface area contributed by atoms with Gasteiger partial charge in [-0.1, -0.05) is 19.1 Å². The number of nitriles is 1. The van der Waals surface area contributed by atoms with Crippen molar-refractivity contribution < 1.29 is 14.0 Å². The lowest BCUT2D eigenvalue weighted by atomic mass is 9.70. The molecule has 2 bridgehead atoms. The Morgan fingerprint density at radius 3 is 2.61 bits per heavy atom. The van der Waals surface area contributed by atoms with Gasteiger partial charge in [0.15, 0.2) is 0 Å². The van der Waals surface area contributed by atoms with Gasteiger partial charge in [0.25, 0.3) is 5.91 Å². The SMILES string of the molecule is CC[C@@]1(C(=O)N2CCC(F)CC2)C[C@@H]2CC[C@H]1N2C(=O)c1ccccc1C#N. The van der Waals surface area contributed by atoms with Crippen LogP contribution in [0.2, 0.25) is 0 Å². The standard InChI is InChI=1S/C22H26FN3O2/c1-2-22(21(28)25-11-9-16(23)10-12-25)13-17-7-8-19(22)26(17)20(27)18-6-4-3-5-15(18)14-24/h3-6,16-17,19H,2,7-13H2,1H3/t17-,19+,22+/m0/s1. The minimum Gasteiger partial charge on any atom is -0.342 e. The average Bonchev–Trinajstić information content (AvgIpc) is 3.29. The lowest BCUT2D eigenvalue weighted by Crippen LogP contribution is -2.53. The molecule has 3 aliphatic rings. The van der Waals surface area contributed by atoms with Gasteiger partial charge < -0.3 is 9.80 Å². The first-order valence-electron chi connectivity index (χ1n) is 10.3. The normalized spacial score (nSPS) is 29.8. The molecule has 0 unspecified atom stereocenters. The highest BCUT2D eigenvalue weighted by molar-refractivity contribution is 5.98. The zero-order valence-electron chi connectivity index (χ0n) is 16.2. The number of carbonyl (C=O) groups is 2. The van der Waals surface area contributed by atoms with Gasteiger partial charge in [-0.05, 0) is 50.7 Å². The average molecular weight is 383 g/mol. The maximum atomic E-state index is 13.5. The number of benzene rings is 1. The third kappa shape index (κ3) is 2.80. The number of halogens is 1. The van der Waals surface area contributed by atoms with Crippen LogP contribution in [0.15, 0.2) is 24.3 Å². The van der Waals surface area contributed by atoms with Crippen molar-refractivity contribution in [2.45, 2.75) is 63.7 Å². The molecule has 3 fully saturated rings. The zero-order valence-corrected chi connectivity index (χ0v) is 16.2. The fraction of sp³-hybridized carbons (Fsp3) is 0.591. The number of amides is 2. The molecule has 4 rings (SSSR count). The van der Waals surface area contributed by atoms with Crippen LogP contribution in [0.1, 0.15) is 61.4 Å². The van der Waals surface area contributed by atoms with Crippen LogP contribution < -0.4 is 0 Å². The first-order chi connectivity index (χ1) is 13.5. The predicted molar refractivity (Wildman–Crippen MR) is 102 cm³/mol. The highest BCUT2D eigenvalue weighted by Gasteiger charge is 2.61. The Labute approximate surface area is 165 Å². The molecule has 0 spiro atoms. The molecule has 2 amide bonds. The van der Waals surface area contributed by atoms with E-state index < -0.39 is 11.6 Å². The van der Waals surface area contributed by atoms with Crippen molar-refractivity contribution in [3.05, 3.63) is 35.4 Å². The van der Waals surface area contributed by atoms with Crippen molar-refractivity contribution >= 4 is 11.8 Å². The van der Waals surface area contributed by atoms with Gasteiger partial charge in [0.2, 0.25) is 5.91 Å². The monoisotopic (exact) mass is 383 g/mol. The molecule has 5 nitrogen and oxygen atoms in total. The number of hydrogen-bond acceptors (Lipinski definition) is 3. The second kappa shape index (κ2) is 7.20. The summed E-state index contributed by atoms with van der Waals surface area (Å²) in [6, 6.07) is 8.87. The van der Waals surface area contributed by atoms with Gasteiger partial charge in [0.1, 0.15) is 6.17 Å². The number of likely N-dealkylation sites (tertiary alicyclic amines) is 1. The van der Waals surface area contributed by atoms with E-state index in [0.717, 1.165) is 12.8 Å². The number of rotatable bonds is 3. The quantitative estimate of drug-likeness (QED) is 0.805. The maximum absolute atomic E-state index is 13.5. The van der Waals surface area contributed by atoms with Crippen molar-refractivity contribution in [2.24, 2.45) is 5.41 Å². The van der Waals surface area contributed by atoms with Gasteiger partial charge in [-0.25, -0.2) is 4.39 Å². The van der Waals surface area contributed by atoms with Gasteiger partial charge in [0.05, 0.1) is 22.6 Å². The number of carbonyl (C=O) groups excluding carboxylic acids is 2. The lowest BCUT2D eigenvalue weighted by molar-refractivity contribution is -0.145. The molecule has 0 N–H and O–H groups in total. The summed E-state index contributed by atoms with van der Waals surface area (Å²) in [7, 11) is 0. The molecule has 3 saturated heterocycles. The minimum atomic E-state index is -0.817. The summed E-state index contributed by atoms with van der Waals surface area (Å²) in [6.45, 7) is 2.95. The molecule has 3 aliphatic heterocycles. The van der Waals surface area contributed by atoms with Crippen LogP contribution >= 0.6 is 0 Å². The molecule has 3 heterocycles. The highest BCUT2D eigenvalue weighted by Crippen LogP contribution is 2.53. The van der Waals surface area contributed by atoms with Crippen LogP contribution in [-0.4, -0.2) is 53.0 Å². The van der Waals surface area contributed by atoms with Crippen LogP contribution in [0.3, 0.4) is 0 Å². The van der Waals surface area contributed by atoms with Crippen LogP contribution in [0, 0.1) is 16.7 Å². The van der Waals surface area contributed by atoms with Crippen molar-refractivity contribution in [3.8, 4) is 6.07 Å². The predicted octanol–water partition coefficient (Wildman–Crippen LogP) is 3.29. The van der Waals surface area contributed by atoms with Crippen LogP contribution in [0.25, 0.3) is 0 Å². The van der Waals surface area contributed by atoms with Crippen molar-refractivity contribution in [1.29, 1.82) is 5.26 Å². The molecule has 1 aromatic carbocycles. The Kier molecular flexibility index (Phi) is 4.86. The van der Waals surface area contributed by atoms with Gasteiger partial charge in [0, 0.05) is 25.2 Å². The van der Waals surface area contributed by atoms with E-state index in [1.807, 2.05) is 16.7 Å². The Balaban J connectivity index is 1.62. The summed E-state index contributed by atoms with van der Waals surface area (Å²) in [5.74, 6) is -0.0595. The van der Waals surface area contributed by atoms with E-state index in [4.69, 9.17) is 0 Å². The fourth-order valence-corrected chi connectivity index (χ4v) is 5.52. The van der Waals surface area contributed by atoms with E-state index in [1.165, 1.54) is 0 Å². The molecule has 0 radical (unpaired) electrons. The minimum absolute atomic E-state index is 0.0341. The molecule has 3 atom stereocenters. The highest BCUT2D eigenvalue weighted by atomic mass is 19.1. The molecule has 0 aliphatic carbocycles. The topological polar surface area (TPSA) is 64.4 Å². The number of hydrogen-bond donors (Lipinski definition) is 0. The van der Waals surface area contributed by atoms with Crippen molar-refractivity contribution in [1.82, 2.24) is 9.80 Å². The van der Waals surface area contributed by atoms with Gasteiger partial charge in [-0.2, -0.15) is 5.26 Å². The largest absolute Gasteiger partial charge is 0.342 e. The number of fused-ring (bicyclic) bond motifs is 2. The maximum Gasteiger partial charge on any atom is 0.255 e. The van der Waals surface area contributed by atoms with E-state index in [0.29, 0.717) is 49.9 Å². The van der Waals surface area contributed by atoms with Crippen molar-refractivity contribution in [2.75, 3.05) is 13.1 Å². The summed E-state index contributed by atoms with van der Waals surface area (Å²) >= 11 is 0. The first-order valence-corrected chi connectivity index (χ1v) is 10.3. The molecular formula is C22H26FN3O2. The Hall–Kier alpha value is -2.42. The van der Waals surface area contributed by atoms with Crippen LogP contribution in [-0.2, 0) is 4.79 Å². The van der Waals surface area contributed by atoms with Crippen molar-refractivity contribution in [3.63, 3.8) is 0 Å². The smallest absolute Gasteiger partial charge is 0.255 e. The van der Waals surface area contributed by atoms with Crippen LogP contribution in [0.4, 0.5) is 4.39 Å². The number of nitrogens with zero attached hydrogens (tertiary/aromatic N) is 3.